The number of fused-ring (bicyclic) bond motifs is 1. The van der Waals surface area contributed by atoms with E-state index in [1.807, 2.05) is 18.3 Å². The van der Waals surface area contributed by atoms with Gasteiger partial charge in [0.1, 0.15) is 0 Å². The third-order valence-corrected chi connectivity index (χ3v) is 9.70. The minimum Gasteiger partial charge on any atom is -0.256 e. The lowest BCUT2D eigenvalue weighted by Crippen LogP contribution is -1.92. The maximum Gasteiger partial charge on any atom is 0.0716 e. The van der Waals surface area contributed by atoms with Crippen molar-refractivity contribution >= 4 is 10.9 Å². The maximum atomic E-state index is 5.15. The van der Waals surface area contributed by atoms with Crippen LogP contribution < -0.4 is 0 Å². The zero-order chi connectivity index (χ0) is 34.7. The van der Waals surface area contributed by atoms with Crippen LogP contribution in [-0.2, 0) is 0 Å². The zero-order valence-electron chi connectivity index (χ0n) is 28.5. The lowest BCUT2D eigenvalue weighted by atomic mass is 9.92. The number of pyridine rings is 2. The molecule has 2 nitrogen and oxygen atoms in total. The topological polar surface area (TPSA) is 25.8 Å². The van der Waals surface area contributed by atoms with E-state index in [1.165, 1.54) is 33.4 Å². The van der Waals surface area contributed by atoms with Crippen LogP contribution in [-0.4, -0.2) is 9.97 Å². The summed E-state index contributed by atoms with van der Waals surface area (Å²) < 4.78 is 0. The molecular weight excluding hydrogens is 629 g/mol. The molecule has 0 aliphatic carbocycles. The molecule has 0 aliphatic rings. The summed E-state index contributed by atoms with van der Waals surface area (Å²) in [7, 11) is 0. The van der Waals surface area contributed by atoms with Crippen LogP contribution >= 0.6 is 0 Å². The SMILES string of the molecule is c1ccc(-c2ccc(-c3cc(-c4cccc(-c5cccc(-c6cc(-c7ccccc7)cc(-c7ccccc7)c6)c5)c4)nc4ccccc34)nc2)cc1. The van der Waals surface area contributed by atoms with E-state index in [2.05, 4.69) is 188 Å². The second-order valence-corrected chi connectivity index (χ2v) is 13.1. The zero-order valence-corrected chi connectivity index (χ0v) is 28.5. The molecule has 0 atom stereocenters. The highest BCUT2D eigenvalue weighted by atomic mass is 14.7. The molecule has 9 rings (SSSR count). The van der Waals surface area contributed by atoms with Gasteiger partial charge in [-0.05, 0) is 98.6 Å². The van der Waals surface area contributed by atoms with Crippen molar-refractivity contribution in [1.82, 2.24) is 9.97 Å². The molecule has 0 saturated carbocycles. The van der Waals surface area contributed by atoms with Crippen molar-refractivity contribution in [3.63, 3.8) is 0 Å². The molecule has 0 N–H and O–H groups in total. The van der Waals surface area contributed by atoms with Crippen molar-refractivity contribution in [2.24, 2.45) is 0 Å². The highest BCUT2D eigenvalue weighted by molar-refractivity contribution is 5.96. The van der Waals surface area contributed by atoms with Gasteiger partial charge in [0.2, 0.25) is 0 Å². The van der Waals surface area contributed by atoms with E-state index in [9.17, 15) is 0 Å². The molecule has 0 radical (unpaired) electrons. The van der Waals surface area contributed by atoms with Gasteiger partial charge >= 0.3 is 0 Å². The van der Waals surface area contributed by atoms with Gasteiger partial charge in [-0.1, -0.05) is 152 Å². The van der Waals surface area contributed by atoms with Crippen LogP contribution in [0.25, 0.3) is 89.1 Å². The van der Waals surface area contributed by atoms with Gasteiger partial charge in [0.25, 0.3) is 0 Å². The summed E-state index contributed by atoms with van der Waals surface area (Å²) in [5, 5.41) is 1.09. The van der Waals surface area contributed by atoms with Crippen LogP contribution in [0.4, 0.5) is 0 Å². The van der Waals surface area contributed by atoms with Crippen LogP contribution in [0, 0.1) is 0 Å². The normalized spacial score (nSPS) is 11.1. The minimum atomic E-state index is 0.920. The van der Waals surface area contributed by atoms with Gasteiger partial charge < -0.3 is 0 Å². The van der Waals surface area contributed by atoms with E-state index in [0.717, 1.165) is 55.7 Å². The lowest BCUT2D eigenvalue weighted by molar-refractivity contribution is 1.32. The Morgan fingerprint density at radius 2 is 0.712 bits per heavy atom. The first-order valence-electron chi connectivity index (χ1n) is 17.6. The highest BCUT2D eigenvalue weighted by Gasteiger charge is 2.13. The number of hydrogen-bond donors (Lipinski definition) is 0. The minimum absolute atomic E-state index is 0.920. The van der Waals surface area contributed by atoms with E-state index in [4.69, 9.17) is 9.97 Å². The number of benzene rings is 7. The van der Waals surface area contributed by atoms with Gasteiger partial charge in [0, 0.05) is 28.3 Å². The molecule has 0 amide bonds. The van der Waals surface area contributed by atoms with Gasteiger partial charge in [-0.15, -0.1) is 0 Å². The van der Waals surface area contributed by atoms with E-state index < -0.39 is 0 Å². The molecule has 244 valence electrons. The molecule has 0 aliphatic heterocycles. The van der Waals surface area contributed by atoms with Gasteiger partial charge in [0.15, 0.2) is 0 Å². The van der Waals surface area contributed by atoms with Crippen molar-refractivity contribution < 1.29 is 0 Å². The summed E-state index contributed by atoms with van der Waals surface area (Å²) in [6, 6.07) is 70.9. The average molecular weight is 663 g/mol. The smallest absolute Gasteiger partial charge is 0.0716 e. The Kier molecular flexibility index (Phi) is 8.24. The van der Waals surface area contributed by atoms with Crippen LogP contribution in [0.2, 0.25) is 0 Å². The predicted octanol–water partition coefficient (Wildman–Crippen LogP) is 13.3. The Bertz CT molecular complexity index is 2590. The van der Waals surface area contributed by atoms with Crippen LogP contribution in [0.1, 0.15) is 0 Å². The first-order chi connectivity index (χ1) is 25.7. The highest BCUT2D eigenvalue weighted by Crippen LogP contribution is 2.36. The van der Waals surface area contributed by atoms with Crippen LogP contribution in [0.5, 0.6) is 0 Å². The van der Waals surface area contributed by atoms with Crippen LogP contribution in [0.15, 0.2) is 206 Å². The molecule has 7 aromatic carbocycles. The van der Waals surface area contributed by atoms with Crippen molar-refractivity contribution in [3.8, 4) is 78.1 Å². The Balaban J connectivity index is 1.10. The fourth-order valence-corrected chi connectivity index (χ4v) is 7.01. The van der Waals surface area contributed by atoms with Gasteiger partial charge in [0.05, 0.1) is 16.9 Å². The number of rotatable bonds is 7. The summed E-state index contributed by atoms with van der Waals surface area (Å²) >= 11 is 0. The van der Waals surface area contributed by atoms with Crippen LogP contribution in [0.3, 0.4) is 0 Å². The molecule has 0 saturated heterocycles. The van der Waals surface area contributed by atoms with Gasteiger partial charge in [-0.2, -0.15) is 0 Å². The first kappa shape index (κ1) is 31.1. The third kappa shape index (κ3) is 6.30. The molecular formula is C50H34N2. The molecule has 2 heterocycles. The van der Waals surface area contributed by atoms with E-state index in [-0.39, 0.29) is 0 Å². The molecule has 0 spiro atoms. The summed E-state index contributed by atoms with van der Waals surface area (Å²) in [5.74, 6) is 0. The second kappa shape index (κ2) is 13.8. The Morgan fingerprint density at radius 3 is 1.29 bits per heavy atom. The van der Waals surface area contributed by atoms with Gasteiger partial charge in [-0.25, -0.2) is 4.98 Å². The third-order valence-electron chi connectivity index (χ3n) is 9.70. The number of para-hydroxylation sites is 1. The van der Waals surface area contributed by atoms with Gasteiger partial charge in [-0.3, -0.25) is 4.98 Å². The second-order valence-electron chi connectivity index (χ2n) is 13.1. The molecule has 0 bridgehead atoms. The summed E-state index contributed by atoms with van der Waals surface area (Å²) in [6.07, 6.45) is 1.96. The summed E-state index contributed by atoms with van der Waals surface area (Å²) in [6.45, 7) is 0. The van der Waals surface area contributed by atoms with Crippen molar-refractivity contribution in [1.29, 1.82) is 0 Å². The molecule has 2 aromatic heterocycles. The van der Waals surface area contributed by atoms with Crippen molar-refractivity contribution in [2.75, 3.05) is 0 Å². The predicted molar refractivity (Wildman–Crippen MR) is 218 cm³/mol. The number of aromatic nitrogens is 2. The molecule has 52 heavy (non-hydrogen) atoms. The van der Waals surface area contributed by atoms with Crippen molar-refractivity contribution in [3.05, 3.63) is 206 Å². The van der Waals surface area contributed by atoms with Crippen molar-refractivity contribution in [2.45, 2.75) is 0 Å². The molecule has 9 aromatic rings. The number of hydrogen-bond acceptors (Lipinski definition) is 2. The summed E-state index contributed by atoms with van der Waals surface area (Å²) in [5.41, 5.74) is 16.6. The largest absolute Gasteiger partial charge is 0.256 e. The Hall–Kier alpha value is -6.90. The molecule has 2 heteroatoms. The monoisotopic (exact) mass is 662 g/mol. The lowest BCUT2D eigenvalue weighted by Gasteiger charge is -2.13. The van der Waals surface area contributed by atoms with E-state index >= 15 is 0 Å². The first-order valence-corrected chi connectivity index (χ1v) is 17.6. The maximum absolute atomic E-state index is 5.15. The molecule has 0 fully saturated rings. The van der Waals surface area contributed by atoms with E-state index in [0.29, 0.717) is 0 Å². The average Bonchev–Trinajstić information content (AvgIpc) is 3.24. The fraction of sp³-hybridized carbons (Fsp3) is 0. The van der Waals surface area contributed by atoms with E-state index in [1.54, 1.807) is 0 Å². The quantitative estimate of drug-likeness (QED) is 0.170. The summed E-state index contributed by atoms with van der Waals surface area (Å²) in [4.78, 5) is 10.1. The number of nitrogens with zero attached hydrogens (tertiary/aromatic N) is 2. The fourth-order valence-electron chi connectivity index (χ4n) is 7.01. The Morgan fingerprint density at radius 1 is 0.269 bits per heavy atom. The standard InChI is InChI=1S/C50H34N2/c1-4-14-35(15-5-1)42-26-27-48(51-34-42)47-33-50(52-49-25-11-10-24-46(47)49)41-23-13-21-39(29-41)38-20-12-22-40(28-38)45-31-43(36-16-6-2-7-17-36)30-44(32-45)37-18-8-3-9-19-37/h1-34H. The Labute approximate surface area is 304 Å². The molecule has 0 unspecified atom stereocenters.